The Labute approximate surface area is 144 Å². The number of nitrogens with zero attached hydrogens (tertiary/aromatic N) is 2. The Morgan fingerprint density at radius 3 is 2.61 bits per heavy atom. The lowest BCUT2D eigenvalue weighted by Gasteiger charge is -2.34. The van der Waals surface area contributed by atoms with Crippen LogP contribution in [-0.2, 0) is 0 Å². The number of carbonyl (C=O) groups is 1. The SMILES string of the molecule is CC(C)N1CCC(Oc2ccc3c(c2)cc(C(=O)O)n3Br)CC1. The van der Waals surface area contributed by atoms with Crippen molar-refractivity contribution in [1.29, 1.82) is 0 Å². The van der Waals surface area contributed by atoms with Crippen molar-refractivity contribution in [1.82, 2.24) is 8.49 Å². The molecule has 1 N–H and O–H groups in total. The largest absolute Gasteiger partial charge is 0.490 e. The van der Waals surface area contributed by atoms with E-state index in [1.54, 1.807) is 6.07 Å². The molecule has 1 aliphatic heterocycles. The number of piperidine rings is 1. The lowest BCUT2D eigenvalue weighted by atomic mass is 10.1. The number of halogens is 1. The van der Waals surface area contributed by atoms with Crippen molar-refractivity contribution in [2.24, 2.45) is 0 Å². The molecule has 0 bridgehead atoms. The van der Waals surface area contributed by atoms with E-state index in [2.05, 4.69) is 34.9 Å². The van der Waals surface area contributed by atoms with E-state index in [1.165, 1.54) is 3.59 Å². The van der Waals surface area contributed by atoms with Crippen LogP contribution in [0.1, 0.15) is 37.2 Å². The van der Waals surface area contributed by atoms with Crippen LogP contribution in [-0.4, -0.2) is 44.8 Å². The summed E-state index contributed by atoms with van der Waals surface area (Å²) in [4.78, 5) is 13.7. The number of hydrogen-bond acceptors (Lipinski definition) is 3. The molecule has 1 aliphatic rings. The standard InChI is InChI=1S/C17H21BrN2O3/c1-11(2)19-7-5-13(6-8-19)23-14-3-4-15-12(9-14)10-16(17(21)22)20(15)18/h3-4,9-11,13H,5-8H2,1-2H3,(H,21,22). The second kappa shape index (κ2) is 6.53. The van der Waals surface area contributed by atoms with E-state index in [9.17, 15) is 9.90 Å². The van der Waals surface area contributed by atoms with Crippen LogP contribution in [0.3, 0.4) is 0 Å². The zero-order valence-electron chi connectivity index (χ0n) is 13.3. The predicted octanol–water partition coefficient (Wildman–Crippen LogP) is 3.75. The second-order valence-electron chi connectivity index (χ2n) is 6.28. The van der Waals surface area contributed by atoms with Gasteiger partial charge in [0.2, 0.25) is 0 Å². The molecule has 2 aromatic rings. The Morgan fingerprint density at radius 2 is 2.00 bits per heavy atom. The molecule has 124 valence electrons. The molecule has 0 saturated carbocycles. The highest BCUT2D eigenvalue weighted by molar-refractivity contribution is 9.08. The van der Waals surface area contributed by atoms with E-state index >= 15 is 0 Å². The first kappa shape index (κ1) is 16.3. The molecule has 0 atom stereocenters. The van der Waals surface area contributed by atoms with Crippen molar-refractivity contribution >= 4 is 33.0 Å². The van der Waals surface area contributed by atoms with Crippen LogP contribution in [0.2, 0.25) is 0 Å². The molecule has 0 spiro atoms. The van der Waals surface area contributed by atoms with Crippen molar-refractivity contribution in [3.63, 3.8) is 0 Å². The van der Waals surface area contributed by atoms with Gasteiger partial charge in [0, 0.05) is 24.5 Å². The molecule has 23 heavy (non-hydrogen) atoms. The number of fused-ring (bicyclic) bond motifs is 1. The van der Waals surface area contributed by atoms with E-state index in [1.807, 2.05) is 18.2 Å². The minimum atomic E-state index is -0.957. The molecule has 3 rings (SSSR count). The van der Waals surface area contributed by atoms with Crippen molar-refractivity contribution in [3.8, 4) is 5.75 Å². The van der Waals surface area contributed by atoms with Gasteiger partial charge in [-0.3, -0.25) is 3.59 Å². The van der Waals surface area contributed by atoms with E-state index in [4.69, 9.17) is 4.74 Å². The fourth-order valence-corrected chi connectivity index (χ4v) is 3.66. The second-order valence-corrected chi connectivity index (χ2v) is 6.99. The third-order valence-corrected chi connectivity index (χ3v) is 5.21. The Hall–Kier alpha value is -1.53. The highest BCUT2D eigenvalue weighted by Crippen LogP contribution is 2.28. The Morgan fingerprint density at radius 1 is 1.30 bits per heavy atom. The molecule has 0 radical (unpaired) electrons. The van der Waals surface area contributed by atoms with Gasteiger partial charge in [0.25, 0.3) is 0 Å². The van der Waals surface area contributed by atoms with Crippen LogP contribution in [0.15, 0.2) is 24.3 Å². The van der Waals surface area contributed by atoms with E-state index < -0.39 is 5.97 Å². The topological polar surface area (TPSA) is 54.7 Å². The first-order valence-corrected chi connectivity index (χ1v) is 8.62. The lowest BCUT2D eigenvalue weighted by molar-refractivity contribution is 0.0690. The van der Waals surface area contributed by atoms with E-state index in [0.717, 1.165) is 42.6 Å². The molecule has 1 aromatic carbocycles. The van der Waals surface area contributed by atoms with Crippen LogP contribution in [0.4, 0.5) is 0 Å². The molecule has 6 heteroatoms. The van der Waals surface area contributed by atoms with Crippen molar-refractivity contribution < 1.29 is 14.6 Å². The third-order valence-electron chi connectivity index (χ3n) is 4.44. The summed E-state index contributed by atoms with van der Waals surface area (Å²) in [7, 11) is 0. The van der Waals surface area contributed by atoms with Gasteiger partial charge < -0.3 is 14.7 Å². The minimum absolute atomic E-state index is 0.211. The zero-order chi connectivity index (χ0) is 16.6. The Kier molecular flexibility index (Phi) is 4.64. The van der Waals surface area contributed by atoms with E-state index in [-0.39, 0.29) is 11.8 Å². The first-order chi connectivity index (χ1) is 11.0. The Balaban J connectivity index is 1.73. The number of benzene rings is 1. The van der Waals surface area contributed by atoms with Gasteiger partial charge in [-0.1, -0.05) is 0 Å². The van der Waals surface area contributed by atoms with Gasteiger partial charge in [0.05, 0.1) is 21.7 Å². The molecule has 1 saturated heterocycles. The van der Waals surface area contributed by atoms with Crippen LogP contribution in [0.5, 0.6) is 5.75 Å². The number of ether oxygens (including phenoxy) is 1. The fraction of sp³-hybridized carbons (Fsp3) is 0.471. The molecule has 1 aromatic heterocycles. The number of likely N-dealkylation sites (tertiary alicyclic amines) is 1. The van der Waals surface area contributed by atoms with Crippen molar-refractivity contribution in [2.75, 3.05) is 13.1 Å². The van der Waals surface area contributed by atoms with Gasteiger partial charge in [-0.05, 0) is 51.0 Å². The number of aromatic carboxylic acids is 1. The highest BCUT2D eigenvalue weighted by atomic mass is 79.9. The van der Waals surface area contributed by atoms with Crippen LogP contribution >= 0.6 is 16.1 Å². The average molecular weight is 381 g/mol. The normalized spacial score (nSPS) is 17.0. The average Bonchev–Trinajstić information content (AvgIpc) is 2.84. The number of carboxylic acids is 1. The summed E-state index contributed by atoms with van der Waals surface area (Å²) < 4.78 is 7.61. The summed E-state index contributed by atoms with van der Waals surface area (Å²) in [5, 5.41) is 10.0. The highest BCUT2D eigenvalue weighted by Gasteiger charge is 2.22. The smallest absolute Gasteiger partial charge is 0.353 e. The van der Waals surface area contributed by atoms with Crippen molar-refractivity contribution in [3.05, 3.63) is 30.0 Å². The summed E-state index contributed by atoms with van der Waals surface area (Å²) in [5.41, 5.74) is 1.03. The molecular weight excluding hydrogens is 360 g/mol. The number of carboxylic acid groups (broad SMARTS) is 1. The molecule has 2 heterocycles. The molecule has 0 amide bonds. The predicted molar refractivity (Wildman–Crippen MR) is 93.6 cm³/mol. The molecular formula is C17H21BrN2O3. The van der Waals surface area contributed by atoms with Crippen LogP contribution < -0.4 is 4.74 Å². The third kappa shape index (κ3) is 3.38. The van der Waals surface area contributed by atoms with Gasteiger partial charge in [0.1, 0.15) is 17.5 Å². The van der Waals surface area contributed by atoms with Gasteiger partial charge in [0.15, 0.2) is 0 Å². The maximum atomic E-state index is 11.2. The summed E-state index contributed by atoms with van der Waals surface area (Å²) in [6.45, 7) is 6.57. The fourth-order valence-electron chi connectivity index (χ4n) is 3.08. The van der Waals surface area contributed by atoms with E-state index in [0.29, 0.717) is 6.04 Å². The van der Waals surface area contributed by atoms with Crippen LogP contribution in [0, 0.1) is 0 Å². The summed E-state index contributed by atoms with van der Waals surface area (Å²) >= 11 is 3.29. The zero-order valence-corrected chi connectivity index (χ0v) is 14.9. The number of rotatable bonds is 4. The minimum Gasteiger partial charge on any atom is -0.490 e. The number of aromatic nitrogens is 1. The molecule has 5 nitrogen and oxygen atoms in total. The van der Waals surface area contributed by atoms with Gasteiger partial charge >= 0.3 is 5.97 Å². The lowest BCUT2D eigenvalue weighted by Crippen LogP contribution is -2.41. The van der Waals surface area contributed by atoms with Gasteiger partial charge in [-0.2, -0.15) is 0 Å². The number of hydrogen-bond donors (Lipinski definition) is 1. The first-order valence-electron chi connectivity index (χ1n) is 7.91. The van der Waals surface area contributed by atoms with Gasteiger partial charge in [-0.15, -0.1) is 0 Å². The van der Waals surface area contributed by atoms with Crippen LogP contribution in [0.25, 0.3) is 10.9 Å². The summed E-state index contributed by atoms with van der Waals surface area (Å²) in [5.74, 6) is -0.155. The maximum absolute atomic E-state index is 11.2. The maximum Gasteiger partial charge on any atom is 0.353 e. The Bertz CT molecular complexity index is 718. The molecule has 1 fully saturated rings. The summed E-state index contributed by atoms with van der Waals surface area (Å²) in [6, 6.07) is 7.94. The summed E-state index contributed by atoms with van der Waals surface area (Å²) in [6.07, 6.45) is 2.28. The van der Waals surface area contributed by atoms with Crippen molar-refractivity contribution in [2.45, 2.75) is 38.8 Å². The molecule has 0 aliphatic carbocycles. The monoisotopic (exact) mass is 380 g/mol. The van der Waals surface area contributed by atoms with Gasteiger partial charge in [-0.25, -0.2) is 4.79 Å². The molecule has 0 unspecified atom stereocenters. The quantitative estimate of drug-likeness (QED) is 0.877.